The molecule has 0 unspecified atom stereocenters. The normalized spacial score (nSPS) is 13.3. The Kier molecular flexibility index (Phi) is 4.16. The van der Waals surface area contributed by atoms with Gasteiger partial charge in [-0.3, -0.25) is 0 Å². The highest BCUT2D eigenvalue weighted by molar-refractivity contribution is 5.37. The van der Waals surface area contributed by atoms with Crippen molar-refractivity contribution in [1.29, 1.82) is 5.26 Å². The third kappa shape index (κ3) is 6.79. The SMILES string of the molecule is C=C(OC(C)(C)C)/C(C#N)=C/C(C)(C)C. The number of rotatable bonds is 2. The maximum atomic E-state index is 9.00. The fraction of sp³-hybridized carbons (Fsp3) is 0.615. The van der Waals surface area contributed by atoms with E-state index in [1.807, 2.05) is 47.6 Å². The zero-order chi connectivity index (χ0) is 12.3. The average molecular weight is 207 g/mol. The second-order valence-corrected chi connectivity index (χ2v) is 5.67. The minimum atomic E-state index is -0.315. The molecule has 2 nitrogen and oxygen atoms in total. The van der Waals surface area contributed by atoms with Crippen LogP contribution in [0.1, 0.15) is 41.5 Å². The lowest BCUT2D eigenvalue weighted by molar-refractivity contribution is 0.0589. The summed E-state index contributed by atoms with van der Waals surface area (Å²) in [6, 6.07) is 2.12. The molecule has 0 amide bonds. The first kappa shape index (κ1) is 13.8. The Morgan fingerprint density at radius 3 is 1.93 bits per heavy atom. The second-order valence-electron chi connectivity index (χ2n) is 5.67. The Hall–Kier alpha value is -1.23. The molecule has 15 heavy (non-hydrogen) atoms. The average Bonchev–Trinajstić information content (AvgIpc) is 1.94. The van der Waals surface area contributed by atoms with Gasteiger partial charge in [0.1, 0.15) is 17.4 Å². The van der Waals surface area contributed by atoms with Crippen molar-refractivity contribution >= 4 is 0 Å². The molecular weight excluding hydrogens is 186 g/mol. The van der Waals surface area contributed by atoms with Crippen molar-refractivity contribution in [3.05, 3.63) is 24.0 Å². The molecule has 0 fully saturated rings. The maximum absolute atomic E-state index is 9.00. The van der Waals surface area contributed by atoms with E-state index in [1.165, 1.54) is 0 Å². The summed E-state index contributed by atoms with van der Waals surface area (Å²) in [7, 11) is 0. The van der Waals surface area contributed by atoms with Gasteiger partial charge in [-0.1, -0.05) is 33.4 Å². The van der Waals surface area contributed by atoms with Crippen LogP contribution in [-0.4, -0.2) is 5.60 Å². The molecule has 0 radical (unpaired) electrons. The van der Waals surface area contributed by atoms with E-state index < -0.39 is 0 Å². The summed E-state index contributed by atoms with van der Waals surface area (Å²) in [5.41, 5.74) is 0.151. The molecule has 0 rings (SSSR count). The summed E-state index contributed by atoms with van der Waals surface area (Å²) < 4.78 is 5.55. The van der Waals surface area contributed by atoms with Crippen LogP contribution in [0.4, 0.5) is 0 Å². The number of ether oxygens (including phenoxy) is 1. The van der Waals surface area contributed by atoms with E-state index in [4.69, 9.17) is 10.00 Å². The molecule has 0 N–H and O–H groups in total. The molecule has 0 aliphatic rings. The topological polar surface area (TPSA) is 33.0 Å². The maximum Gasteiger partial charge on any atom is 0.130 e. The summed E-state index contributed by atoms with van der Waals surface area (Å²) in [4.78, 5) is 0. The molecule has 0 aromatic carbocycles. The summed E-state index contributed by atoms with van der Waals surface area (Å²) in [6.07, 6.45) is 1.88. The van der Waals surface area contributed by atoms with Crippen LogP contribution in [0.5, 0.6) is 0 Å². The van der Waals surface area contributed by atoms with Crippen LogP contribution in [0, 0.1) is 16.7 Å². The molecule has 0 saturated heterocycles. The predicted octanol–water partition coefficient (Wildman–Crippen LogP) is 3.81. The third-order valence-corrected chi connectivity index (χ3v) is 1.43. The number of nitrogens with zero attached hydrogens (tertiary/aromatic N) is 1. The van der Waals surface area contributed by atoms with E-state index in [0.717, 1.165) is 0 Å². The van der Waals surface area contributed by atoms with Gasteiger partial charge in [0.2, 0.25) is 0 Å². The van der Waals surface area contributed by atoms with Gasteiger partial charge in [0, 0.05) is 0 Å². The highest BCUT2D eigenvalue weighted by Crippen LogP contribution is 2.23. The van der Waals surface area contributed by atoms with E-state index in [-0.39, 0.29) is 11.0 Å². The molecular formula is C13H21NO. The summed E-state index contributed by atoms with van der Waals surface area (Å²) >= 11 is 0. The van der Waals surface area contributed by atoms with Gasteiger partial charge in [-0.05, 0) is 26.2 Å². The van der Waals surface area contributed by atoms with Crippen molar-refractivity contribution < 1.29 is 4.74 Å². The lowest BCUT2D eigenvalue weighted by Crippen LogP contribution is -2.19. The van der Waals surface area contributed by atoms with Crippen LogP contribution in [0.15, 0.2) is 24.0 Å². The van der Waals surface area contributed by atoms with Crippen molar-refractivity contribution in [1.82, 2.24) is 0 Å². The van der Waals surface area contributed by atoms with Crippen molar-refractivity contribution in [2.24, 2.45) is 5.41 Å². The smallest absolute Gasteiger partial charge is 0.130 e. The van der Waals surface area contributed by atoms with Gasteiger partial charge < -0.3 is 4.74 Å². The van der Waals surface area contributed by atoms with Crippen LogP contribution in [0.2, 0.25) is 0 Å². The molecule has 0 aromatic rings. The van der Waals surface area contributed by atoms with Gasteiger partial charge in [-0.25, -0.2) is 0 Å². The van der Waals surface area contributed by atoms with Gasteiger partial charge in [0.05, 0.1) is 5.57 Å². The zero-order valence-electron chi connectivity index (χ0n) is 10.6. The zero-order valence-corrected chi connectivity index (χ0v) is 10.6. The molecule has 0 spiro atoms. The van der Waals surface area contributed by atoms with Crippen molar-refractivity contribution in [3.63, 3.8) is 0 Å². The molecule has 2 heteroatoms. The fourth-order valence-corrected chi connectivity index (χ4v) is 1.03. The first-order valence-corrected chi connectivity index (χ1v) is 5.06. The Labute approximate surface area is 93.2 Å². The van der Waals surface area contributed by atoms with Crippen molar-refractivity contribution in [2.75, 3.05) is 0 Å². The fourth-order valence-electron chi connectivity index (χ4n) is 1.03. The number of allylic oxidation sites excluding steroid dienone is 2. The predicted molar refractivity (Wildman–Crippen MR) is 63.1 cm³/mol. The molecule has 0 saturated carbocycles. The van der Waals surface area contributed by atoms with E-state index in [9.17, 15) is 0 Å². The molecule has 0 aliphatic heterocycles. The Balaban J connectivity index is 4.82. The number of hydrogen-bond acceptors (Lipinski definition) is 2. The minimum absolute atomic E-state index is 0.0464. The molecule has 0 atom stereocenters. The Morgan fingerprint density at radius 1 is 1.20 bits per heavy atom. The van der Waals surface area contributed by atoms with Crippen LogP contribution in [-0.2, 0) is 4.74 Å². The van der Waals surface area contributed by atoms with Gasteiger partial charge >= 0.3 is 0 Å². The van der Waals surface area contributed by atoms with Crippen LogP contribution >= 0.6 is 0 Å². The van der Waals surface area contributed by atoms with Gasteiger partial charge in [-0.2, -0.15) is 5.26 Å². The highest BCUT2D eigenvalue weighted by atomic mass is 16.5. The Bertz CT molecular complexity index is 305. The number of hydrogen-bond donors (Lipinski definition) is 0. The summed E-state index contributed by atoms with van der Waals surface area (Å²) in [5.74, 6) is 0.444. The lowest BCUT2D eigenvalue weighted by atomic mass is 9.93. The summed E-state index contributed by atoms with van der Waals surface area (Å²) in [5, 5.41) is 9.00. The molecule has 0 aliphatic carbocycles. The second kappa shape index (κ2) is 4.53. The monoisotopic (exact) mass is 207 g/mol. The Morgan fingerprint density at radius 2 is 1.67 bits per heavy atom. The van der Waals surface area contributed by atoms with E-state index in [1.54, 1.807) is 0 Å². The molecule has 0 bridgehead atoms. The van der Waals surface area contributed by atoms with Crippen molar-refractivity contribution in [2.45, 2.75) is 47.1 Å². The lowest BCUT2D eigenvalue weighted by Gasteiger charge is -2.23. The first-order valence-electron chi connectivity index (χ1n) is 5.06. The van der Waals surface area contributed by atoms with Gasteiger partial charge in [0.25, 0.3) is 0 Å². The van der Waals surface area contributed by atoms with E-state index >= 15 is 0 Å². The quantitative estimate of drug-likeness (QED) is 0.392. The number of nitriles is 1. The van der Waals surface area contributed by atoms with Gasteiger partial charge in [-0.15, -0.1) is 0 Å². The molecule has 0 aromatic heterocycles. The van der Waals surface area contributed by atoms with Crippen LogP contribution in [0.3, 0.4) is 0 Å². The van der Waals surface area contributed by atoms with E-state index in [0.29, 0.717) is 11.3 Å². The van der Waals surface area contributed by atoms with Crippen LogP contribution in [0.25, 0.3) is 0 Å². The standard InChI is InChI=1S/C13H21NO/c1-10(15-13(5,6)7)11(9-14)8-12(2,3)4/h8H,1H2,2-7H3/b11-8+. The molecule has 84 valence electrons. The van der Waals surface area contributed by atoms with E-state index in [2.05, 4.69) is 12.6 Å². The first-order chi connectivity index (χ1) is 6.55. The molecule has 0 heterocycles. The van der Waals surface area contributed by atoms with Gasteiger partial charge in [0.15, 0.2) is 0 Å². The largest absolute Gasteiger partial charge is 0.487 e. The highest BCUT2D eigenvalue weighted by Gasteiger charge is 2.17. The summed E-state index contributed by atoms with van der Waals surface area (Å²) in [6.45, 7) is 15.7. The third-order valence-electron chi connectivity index (χ3n) is 1.43. The minimum Gasteiger partial charge on any atom is -0.487 e. The van der Waals surface area contributed by atoms with Crippen molar-refractivity contribution in [3.8, 4) is 6.07 Å². The van der Waals surface area contributed by atoms with Crippen LogP contribution < -0.4 is 0 Å².